The number of phenols is 1. The summed E-state index contributed by atoms with van der Waals surface area (Å²) in [6, 6.07) is 17.7. The number of amides is 1. The van der Waals surface area contributed by atoms with Gasteiger partial charge in [-0.25, -0.2) is 0 Å². The van der Waals surface area contributed by atoms with Gasteiger partial charge in [0.15, 0.2) is 5.75 Å². The van der Waals surface area contributed by atoms with E-state index in [-0.39, 0.29) is 22.0 Å². The molecule has 0 atom stereocenters. The van der Waals surface area contributed by atoms with Crippen molar-refractivity contribution < 1.29 is 27.6 Å². The fourth-order valence-electron chi connectivity index (χ4n) is 3.77. The number of phenolic OH excluding ortho intramolecular Hbond substituents is 1. The lowest BCUT2D eigenvalue weighted by Gasteiger charge is -2.13. The number of anilines is 1. The van der Waals surface area contributed by atoms with Crippen LogP contribution in [0.2, 0.25) is 5.02 Å². The van der Waals surface area contributed by atoms with Gasteiger partial charge in [-0.2, -0.15) is 8.42 Å². The summed E-state index contributed by atoms with van der Waals surface area (Å²) in [4.78, 5) is 12.7. The monoisotopic (exact) mass is 539 g/mol. The van der Waals surface area contributed by atoms with Crippen LogP contribution in [0.5, 0.6) is 11.5 Å². The maximum absolute atomic E-state index is 13.1. The van der Waals surface area contributed by atoms with Gasteiger partial charge in [-0.05, 0) is 47.7 Å². The molecule has 11 heteroatoms. The van der Waals surface area contributed by atoms with Crippen molar-refractivity contribution in [2.75, 3.05) is 12.4 Å². The molecule has 190 valence electrons. The van der Waals surface area contributed by atoms with E-state index in [9.17, 15) is 22.9 Å². The Balaban J connectivity index is 1.85. The Morgan fingerprint density at radius 3 is 2.46 bits per heavy atom. The van der Waals surface area contributed by atoms with E-state index in [1.807, 2.05) is 0 Å². The highest BCUT2D eigenvalue weighted by atomic mass is 35.5. The Kier molecular flexibility index (Phi) is 7.44. The Morgan fingerprint density at radius 1 is 1.05 bits per heavy atom. The summed E-state index contributed by atoms with van der Waals surface area (Å²) in [7, 11) is -3.18. The SMILES string of the molecule is CCc1cc(S(=O)(=O)O)c(N=Nc2c(O)c(C(=O)Nc3ccccc3OC)cc3ccccc23)cc1Cl. The lowest BCUT2D eigenvalue weighted by Crippen LogP contribution is -2.13. The van der Waals surface area contributed by atoms with Gasteiger partial charge >= 0.3 is 0 Å². The number of aromatic hydroxyl groups is 1. The van der Waals surface area contributed by atoms with Crippen molar-refractivity contribution in [3.05, 3.63) is 82.9 Å². The number of azo groups is 1. The maximum Gasteiger partial charge on any atom is 0.296 e. The second-order valence-corrected chi connectivity index (χ2v) is 9.73. The standard InChI is InChI=1S/C26H22ClN3O6S/c1-3-15-13-23(37(33,34)35)21(14-19(15)27)29-30-24-17-9-5-4-8-16(17)12-18(25(24)31)26(32)28-20-10-6-7-11-22(20)36-2/h4-14,31H,3H2,1-2H3,(H,28,32)(H,33,34,35). The van der Waals surface area contributed by atoms with E-state index in [1.54, 1.807) is 55.5 Å². The van der Waals surface area contributed by atoms with Crippen LogP contribution in [0.1, 0.15) is 22.8 Å². The number of fused-ring (bicyclic) bond motifs is 1. The van der Waals surface area contributed by atoms with Gasteiger partial charge in [-0.3, -0.25) is 9.35 Å². The average Bonchev–Trinajstić information content (AvgIpc) is 2.87. The summed E-state index contributed by atoms with van der Waals surface area (Å²) in [5.41, 5.74) is 0.510. The minimum atomic E-state index is -4.65. The summed E-state index contributed by atoms with van der Waals surface area (Å²) >= 11 is 6.24. The first-order valence-electron chi connectivity index (χ1n) is 11.0. The number of nitrogens with one attached hydrogen (secondary N) is 1. The third kappa shape index (κ3) is 5.41. The lowest BCUT2D eigenvalue weighted by molar-refractivity contribution is 0.102. The molecule has 0 aromatic heterocycles. The molecule has 9 nitrogen and oxygen atoms in total. The fraction of sp³-hybridized carbons (Fsp3) is 0.115. The van der Waals surface area contributed by atoms with Crippen LogP contribution in [-0.2, 0) is 16.5 Å². The highest BCUT2D eigenvalue weighted by molar-refractivity contribution is 7.86. The van der Waals surface area contributed by atoms with Crippen LogP contribution in [0, 0.1) is 0 Å². The third-order valence-corrected chi connectivity index (χ3v) is 6.87. The number of methoxy groups -OCH3 is 1. The number of aryl methyl sites for hydroxylation is 1. The maximum atomic E-state index is 13.1. The molecular weight excluding hydrogens is 518 g/mol. The van der Waals surface area contributed by atoms with E-state index in [0.717, 1.165) is 0 Å². The molecule has 0 heterocycles. The van der Waals surface area contributed by atoms with Crippen LogP contribution in [-0.4, -0.2) is 31.1 Å². The number of nitrogens with zero attached hydrogens (tertiary/aromatic N) is 2. The fourth-order valence-corrected chi connectivity index (χ4v) is 4.72. The topological polar surface area (TPSA) is 138 Å². The molecule has 0 saturated heterocycles. The van der Waals surface area contributed by atoms with E-state index in [2.05, 4.69) is 15.5 Å². The van der Waals surface area contributed by atoms with Crippen molar-refractivity contribution in [1.82, 2.24) is 0 Å². The van der Waals surface area contributed by atoms with Gasteiger partial charge < -0.3 is 15.2 Å². The van der Waals surface area contributed by atoms with E-state index < -0.39 is 26.7 Å². The van der Waals surface area contributed by atoms with Gasteiger partial charge in [-0.1, -0.05) is 54.9 Å². The third-order valence-electron chi connectivity index (χ3n) is 5.64. The summed E-state index contributed by atoms with van der Waals surface area (Å²) in [6.45, 7) is 1.78. The second-order valence-electron chi connectivity index (χ2n) is 7.94. The van der Waals surface area contributed by atoms with Gasteiger partial charge in [0.2, 0.25) is 0 Å². The van der Waals surface area contributed by atoms with Crippen LogP contribution in [0.15, 0.2) is 81.9 Å². The summed E-state index contributed by atoms with van der Waals surface area (Å²) in [5.74, 6) is -0.668. The molecule has 4 rings (SSSR count). The number of hydrogen-bond acceptors (Lipinski definition) is 7. The molecule has 0 aliphatic carbocycles. The number of carbonyl (C=O) groups excluding carboxylic acids is 1. The molecule has 3 N–H and O–H groups in total. The summed E-state index contributed by atoms with van der Waals surface area (Å²) in [6.07, 6.45) is 0.424. The van der Waals surface area contributed by atoms with Crippen LogP contribution in [0.25, 0.3) is 10.8 Å². The second kappa shape index (κ2) is 10.6. The zero-order chi connectivity index (χ0) is 26.7. The molecule has 0 aliphatic heterocycles. The minimum Gasteiger partial charge on any atom is -0.505 e. The molecule has 0 fully saturated rings. The van der Waals surface area contributed by atoms with Crippen LogP contribution in [0.3, 0.4) is 0 Å². The van der Waals surface area contributed by atoms with Crippen molar-refractivity contribution in [2.45, 2.75) is 18.2 Å². The smallest absolute Gasteiger partial charge is 0.296 e. The number of carbonyl (C=O) groups is 1. The van der Waals surface area contributed by atoms with E-state index in [1.165, 1.54) is 25.3 Å². The Labute approximate surface area is 218 Å². The molecule has 4 aromatic rings. The Bertz CT molecular complexity index is 1650. The Hall–Kier alpha value is -3.99. The zero-order valence-electron chi connectivity index (χ0n) is 19.8. The number of para-hydroxylation sites is 2. The lowest BCUT2D eigenvalue weighted by atomic mass is 10.0. The number of hydrogen-bond donors (Lipinski definition) is 3. The summed E-state index contributed by atoms with van der Waals surface area (Å²) < 4.78 is 39.0. The highest BCUT2D eigenvalue weighted by Gasteiger charge is 2.21. The van der Waals surface area contributed by atoms with E-state index in [4.69, 9.17) is 16.3 Å². The Morgan fingerprint density at radius 2 is 1.76 bits per heavy atom. The predicted molar refractivity (Wildman–Crippen MR) is 141 cm³/mol. The van der Waals surface area contributed by atoms with Crippen molar-refractivity contribution >= 4 is 55.5 Å². The number of halogens is 1. The molecule has 37 heavy (non-hydrogen) atoms. The average molecular weight is 540 g/mol. The first-order chi connectivity index (χ1) is 17.6. The molecule has 1 amide bonds. The van der Waals surface area contributed by atoms with Crippen molar-refractivity contribution in [2.24, 2.45) is 10.2 Å². The van der Waals surface area contributed by atoms with Crippen molar-refractivity contribution in [3.8, 4) is 11.5 Å². The predicted octanol–water partition coefficient (Wildman–Crippen LogP) is 6.68. The molecule has 0 spiro atoms. The summed E-state index contributed by atoms with van der Waals surface area (Å²) in [5, 5.41) is 23.1. The number of rotatable bonds is 7. The molecule has 0 bridgehead atoms. The first-order valence-corrected chi connectivity index (χ1v) is 12.9. The number of benzene rings is 4. The largest absolute Gasteiger partial charge is 0.505 e. The molecule has 0 saturated carbocycles. The van der Waals surface area contributed by atoms with Crippen LogP contribution in [0.4, 0.5) is 17.1 Å². The van der Waals surface area contributed by atoms with Gasteiger partial charge in [0.1, 0.15) is 22.0 Å². The highest BCUT2D eigenvalue weighted by Crippen LogP contribution is 2.41. The molecule has 0 aliphatic rings. The van der Waals surface area contributed by atoms with Crippen molar-refractivity contribution in [3.63, 3.8) is 0 Å². The van der Waals surface area contributed by atoms with Crippen molar-refractivity contribution in [1.29, 1.82) is 0 Å². The zero-order valence-corrected chi connectivity index (χ0v) is 21.3. The normalized spacial score (nSPS) is 11.7. The van der Waals surface area contributed by atoms with Gasteiger partial charge in [0.25, 0.3) is 16.0 Å². The molecular formula is C26H22ClN3O6S. The number of ether oxygens (including phenoxy) is 1. The van der Waals surface area contributed by atoms with Gasteiger partial charge in [-0.15, -0.1) is 10.2 Å². The van der Waals surface area contributed by atoms with E-state index >= 15 is 0 Å². The van der Waals surface area contributed by atoms with Crippen LogP contribution >= 0.6 is 11.6 Å². The molecule has 4 aromatic carbocycles. The minimum absolute atomic E-state index is 0.0692. The van der Waals surface area contributed by atoms with Crippen LogP contribution < -0.4 is 10.1 Å². The van der Waals surface area contributed by atoms with Gasteiger partial charge in [0.05, 0.1) is 18.4 Å². The van der Waals surface area contributed by atoms with E-state index in [0.29, 0.717) is 34.2 Å². The quantitative estimate of drug-likeness (QED) is 0.177. The van der Waals surface area contributed by atoms with Gasteiger partial charge in [0, 0.05) is 10.4 Å². The molecule has 0 radical (unpaired) electrons. The molecule has 0 unspecified atom stereocenters. The first kappa shape index (κ1) is 26.1.